The van der Waals surface area contributed by atoms with Crippen molar-refractivity contribution in [1.82, 2.24) is 14.5 Å². The number of aryl methyl sites for hydroxylation is 1. The summed E-state index contributed by atoms with van der Waals surface area (Å²) in [5.41, 5.74) is 3.22. The number of hydrogen-bond donors (Lipinski definition) is 0. The largest absolute Gasteiger partial charge is 0.305 e. The number of fused-ring (bicyclic) bond motifs is 1. The minimum absolute atomic E-state index is 0.341. The molecule has 32 heavy (non-hydrogen) atoms. The number of aromatic nitrogens is 3. The number of halogens is 2. The summed E-state index contributed by atoms with van der Waals surface area (Å²) in [7, 11) is 1.64. The molecule has 2 aromatic carbocycles. The molecule has 160 valence electrons. The van der Waals surface area contributed by atoms with Crippen molar-refractivity contribution in [3.8, 4) is 27.6 Å². The molecular weight excluding hydrogens is 443 g/mol. The first kappa shape index (κ1) is 21.9. The first-order valence-corrected chi connectivity index (χ1v) is 11.0. The summed E-state index contributed by atoms with van der Waals surface area (Å²) in [5.74, 6) is 0.748. The molecule has 0 aliphatic rings. The van der Waals surface area contributed by atoms with Gasteiger partial charge in [-0.3, -0.25) is 0 Å². The number of thiophene rings is 1. The third-order valence-corrected chi connectivity index (χ3v) is 6.11. The molecule has 5 aromatic rings. The minimum Gasteiger partial charge on any atom is -0.305 e. The van der Waals surface area contributed by atoms with Gasteiger partial charge in [-0.05, 0) is 67.7 Å². The summed E-state index contributed by atoms with van der Waals surface area (Å²) in [5, 5.41) is 0.895. The van der Waals surface area contributed by atoms with E-state index in [1.54, 1.807) is 25.2 Å². The van der Waals surface area contributed by atoms with Crippen LogP contribution in [0.1, 0.15) is 5.69 Å². The van der Waals surface area contributed by atoms with Crippen molar-refractivity contribution >= 4 is 40.6 Å². The van der Waals surface area contributed by atoms with E-state index in [9.17, 15) is 4.39 Å². The lowest BCUT2D eigenvalue weighted by molar-refractivity contribution is 0.630. The molecule has 7 heteroatoms. The Bertz CT molecular complexity index is 1410. The lowest BCUT2D eigenvalue weighted by Crippen LogP contribution is -2.03. The maximum Gasteiger partial charge on any atom is 0.165 e. The molecule has 0 aliphatic carbocycles. The van der Waals surface area contributed by atoms with Gasteiger partial charge in [0, 0.05) is 29.2 Å². The van der Waals surface area contributed by atoms with E-state index in [-0.39, 0.29) is 5.82 Å². The molecule has 4 nitrogen and oxygen atoms in total. The molecular formula is C25H20ClFN4S. The van der Waals surface area contributed by atoms with Gasteiger partial charge in [-0.25, -0.2) is 14.4 Å². The molecule has 5 rings (SSSR count). The fourth-order valence-corrected chi connectivity index (χ4v) is 4.42. The van der Waals surface area contributed by atoms with E-state index in [2.05, 4.69) is 22.8 Å². The van der Waals surface area contributed by atoms with Gasteiger partial charge in [0.1, 0.15) is 11.6 Å². The Labute approximate surface area is 194 Å². The lowest BCUT2D eigenvalue weighted by atomic mass is 10.1. The summed E-state index contributed by atoms with van der Waals surface area (Å²) in [4.78, 5) is 13.7. The summed E-state index contributed by atoms with van der Waals surface area (Å²) < 4.78 is 17.2. The Morgan fingerprint density at radius 1 is 1.03 bits per heavy atom. The number of benzene rings is 2. The van der Waals surface area contributed by atoms with E-state index >= 15 is 0 Å². The molecule has 0 N–H and O–H groups in total. The number of rotatable bonds is 3. The van der Waals surface area contributed by atoms with Gasteiger partial charge < -0.3 is 9.56 Å². The number of aliphatic imine (C=N–C) groups is 1. The number of nitrogens with zero attached hydrogens (tertiary/aromatic N) is 4. The van der Waals surface area contributed by atoms with E-state index in [1.807, 2.05) is 54.1 Å². The van der Waals surface area contributed by atoms with Crippen LogP contribution in [0.4, 0.5) is 4.39 Å². The van der Waals surface area contributed by atoms with Crippen LogP contribution in [0.25, 0.3) is 38.5 Å². The fraction of sp³-hybridized carbons (Fsp3) is 0.0800. The quantitative estimate of drug-likeness (QED) is 0.265. The maximum atomic E-state index is 14.4. The first-order chi connectivity index (χ1) is 15.5. The van der Waals surface area contributed by atoms with Crippen molar-refractivity contribution in [2.45, 2.75) is 6.92 Å². The molecule has 0 amide bonds. The third kappa shape index (κ3) is 4.33. The lowest BCUT2D eigenvalue weighted by Gasteiger charge is -2.13. The van der Waals surface area contributed by atoms with Crippen LogP contribution in [0.3, 0.4) is 0 Å². The molecule has 3 aromatic heterocycles. The summed E-state index contributed by atoms with van der Waals surface area (Å²) in [6.07, 6.45) is 1.96. The van der Waals surface area contributed by atoms with E-state index in [4.69, 9.17) is 16.6 Å². The molecule has 0 saturated heterocycles. The second-order valence-corrected chi connectivity index (χ2v) is 8.74. The van der Waals surface area contributed by atoms with Crippen molar-refractivity contribution < 1.29 is 4.39 Å². The van der Waals surface area contributed by atoms with Gasteiger partial charge in [-0.1, -0.05) is 29.8 Å². The van der Waals surface area contributed by atoms with Crippen LogP contribution in [0, 0.1) is 12.7 Å². The summed E-state index contributed by atoms with van der Waals surface area (Å²) in [6.45, 7) is 5.12. The van der Waals surface area contributed by atoms with Gasteiger partial charge in [0.25, 0.3) is 0 Å². The Kier molecular flexibility index (Phi) is 6.44. The Balaban J connectivity index is 0.000000775. The van der Waals surface area contributed by atoms with Crippen LogP contribution in [-0.4, -0.2) is 28.3 Å². The van der Waals surface area contributed by atoms with Crippen LogP contribution < -0.4 is 0 Å². The molecule has 0 bridgehead atoms. The zero-order chi connectivity index (χ0) is 22.7. The van der Waals surface area contributed by atoms with Gasteiger partial charge in [0.15, 0.2) is 5.82 Å². The first-order valence-electron chi connectivity index (χ1n) is 9.83. The van der Waals surface area contributed by atoms with Gasteiger partial charge in [-0.15, -0.1) is 11.3 Å². The summed E-state index contributed by atoms with van der Waals surface area (Å²) in [6, 6.07) is 20.5. The highest BCUT2D eigenvalue weighted by Gasteiger charge is 2.15. The van der Waals surface area contributed by atoms with Crippen LogP contribution in [0.15, 0.2) is 77.9 Å². The molecule has 0 aliphatic heterocycles. The van der Waals surface area contributed by atoms with Crippen LogP contribution >= 0.6 is 22.9 Å². The van der Waals surface area contributed by atoms with E-state index in [0.29, 0.717) is 11.4 Å². The van der Waals surface area contributed by atoms with E-state index in [0.717, 1.165) is 37.2 Å². The highest BCUT2D eigenvalue weighted by Crippen LogP contribution is 2.34. The molecule has 3 heterocycles. The zero-order valence-corrected chi connectivity index (χ0v) is 19.2. The SMILES string of the molecule is C=NC.Cc1cccn1-c1nc(-c2ccccc2F)nc2ccc(-c3ccc(Cl)s3)cc12. The second kappa shape index (κ2) is 9.42. The van der Waals surface area contributed by atoms with Gasteiger partial charge >= 0.3 is 0 Å². The van der Waals surface area contributed by atoms with Crippen LogP contribution in [0.5, 0.6) is 0 Å². The molecule has 0 spiro atoms. The van der Waals surface area contributed by atoms with Gasteiger partial charge in [0.2, 0.25) is 0 Å². The van der Waals surface area contributed by atoms with E-state index < -0.39 is 0 Å². The maximum absolute atomic E-state index is 14.4. The normalized spacial score (nSPS) is 10.6. The van der Waals surface area contributed by atoms with Crippen LogP contribution in [0.2, 0.25) is 4.34 Å². The molecule has 0 unspecified atom stereocenters. The standard InChI is InChI=1S/C23H15ClFN3S.C2H5N/c1-14-5-4-12-28(14)23-17-13-15(20-10-11-21(24)29-20)8-9-19(17)26-22(27-23)16-6-2-3-7-18(16)25;1-3-2/h2-13H,1H3;1H2,2H3. The van der Waals surface area contributed by atoms with Crippen molar-refractivity contribution in [3.63, 3.8) is 0 Å². The van der Waals surface area contributed by atoms with Gasteiger partial charge in [0.05, 0.1) is 15.4 Å². The molecule has 0 fully saturated rings. The Morgan fingerprint density at radius 2 is 1.81 bits per heavy atom. The topological polar surface area (TPSA) is 43.1 Å². The summed E-state index contributed by atoms with van der Waals surface area (Å²) >= 11 is 7.65. The zero-order valence-electron chi connectivity index (χ0n) is 17.6. The highest BCUT2D eigenvalue weighted by atomic mass is 35.5. The predicted molar refractivity (Wildman–Crippen MR) is 133 cm³/mol. The van der Waals surface area contributed by atoms with Crippen molar-refractivity contribution in [2.24, 2.45) is 4.99 Å². The minimum atomic E-state index is -0.341. The second-order valence-electron chi connectivity index (χ2n) is 7.02. The highest BCUT2D eigenvalue weighted by molar-refractivity contribution is 7.19. The third-order valence-electron chi connectivity index (χ3n) is 4.83. The van der Waals surface area contributed by atoms with Crippen molar-refractivity contribution in [2.75, 3.05) is 7.05 Å². The smallest absolute Gasteiger partial charge is 0.165 e. The van der Waals surface area contributed by atoms with Crippen molar-refractivity contribution in [3.05, 3.63) is 88.8 Å². The Hall–Kier alpha value is -3.35. The number of hydrogen-bond acceptors (Lipinski definition) is 4. The fourth-order valence-electron chi connectivity index (χ4n) is 3.39. The molecule has 0 saturated carbocycles. The van der Waals surface area contributed by atoms with Crippen LogP contribution in [-0.2, 0) is 0 Å². The average molecular weight is 463 g/mol. The molecule has 0 radical (unpaired) electrons. The van der Waals surface area contributed by atoms with Crippen molar-refractivity contribution in [1.29, 1.82) is 0 Å². The molecule has 0 atom stereocenters. The Morgan fingerprint density at radius 3 is 2.47 bits per heavy atom. The monoisotopic (exact) mass is 462 g/mol. The average Bonchev–Trinajstić information content (AvgIpc) is 3.41. The van der Waals surface area contributed by atoms with E-state index in [1.165, 1.54) is 17.4 Å². The predicted octanol–water partition coefficient (Wildman–Crippen LogP) is 7.23. The van der Waals surface area contributed by atoms with Gasteiger partial charge in [-0.2, -0.15) is 0 Å².